The van der Waals surface area contributed by atoms with Gasteiger partial charge in [0.15, 0.2) is 0 Å². The molecule has 1 aliphatic heterocycles. The molecule has 0 bridgehead atoms. The molecule has 5 nitrogen and oxygen atoms in total. The summed E-state index contributed by atoms with van der Waals surface area (Å²) in [6, 6.07) is 13.7. The number of rotatable bonds is 4. The summed E-state index contributed by atoms with van der Waals surface area (Å²) in [7, 11) is 0. The van der Waals surface area contributed by atoms with Gasteiger partial charge in [0.2, 0.25) is 11.8 Å². The molecule has 0 saturated carbocycles. The molecule has 3 amide bonds. The van der Waals surface area contributed by atoms with Crippen molar-refractivity contribution in [2.24, 2.45) is 0 Å². The van der Waals surface area contributed by atoms with Crippen LogP contribution in [0.3, 0.4) is 0 Å². The third-order valence-corrected chi connectivity index (χ3v) is 4.07. The van der Waals surface area contributed by atoms with Gasteiger partial charge < -0.3 is 5.32 Å². The predicted molar refractivity (Wildman–Crippen MR) is 90.6 cm³/mol. The van der Waals surface area contributed by atoms with Gasteiger partial charge in [-0.1, -0.05) is 23.7 Å². The van der Waals surface area contributed by atoms with Gasteiger partial charge in [-0.05, 0) is 42.0 Å². The summed E-state index contributed by atoms with van der Waals surface area (Å²) in [6.45, 7) is 0.247. The molecule has 6 heteroatoms. The van der Waals surface area contributed by atoms with Crippen molar-refractivity contribution in [1.82, 2.24) is 4.90 Å². The van der Waals surface area contributed by atoms with E-state index in [9.17, 15) is 14.4 Å². The first-order valence-electron chi connectivity index (χ1n) is 7.52. The lowest BCUT2D eigenvalue weighted by Crippen LogP contribution is -2.28. The summed E-state index contributed by atoms with van der Waals surface area (Å²) >= 11 is 5.81. The Morgan fingerprint density at radius 3 is 2.12 bits per heavy atom. The fourth-order valence-corrected chi connectivity index (χ4v) is 2.61. The van der Waals surface area contributed by atoms with Gasteiger partial charge in [-0.25, -0.2) is 0 Å². The molecule has 0 aliphatic carbocycles. The minimum Gasteiger partial charge on any atom is -0.322 e. The predicted octanol–water partition coefficient (Wildman–Crippen LogP) is 3.24. The number of benzene rings is 2. The van der Waals surface area contributed by atoms with Gasteiger partial charge in [-0.3, -0.25) is 19.3 Å². The molecule has 0 spiro atoms. The Labute approximate surface area is 144 Å². The van der Waals surface area contributed by atoms with E-state index in [0.717, 1.165) is 5.56 Å². The minimum atomic E-state index is -0.239. The van der Waals surface area contributed by atoms with E-state index in [4.69, 9.17) is 11.6 Å². The van der Waals surface area contributed by atoms with Crippen molar-refractivity contribution < 1.29 is 14.4 Å². The lowest BCUT2D eigenvalue weighted by Gasteiger charge is -2.14. The second-order valence-corrected chi connectivity index (χ2v) is 5.97. The molecule has 0 unspecified atom stereocenters. The van der Waals surface area contributed by atoms with Gasteiger partial charge in [0.1, 0.15) is 0 Å². The number of amides is 3. The number of imide groups is 1. The maximum absolute atomic E-state index is 12.2. The number of likely N-dealkylation sites (tertiary alicyclic amines) is 1. The Morgan fingerprint density at radius 1 is 0.958 bits per heavy atom. The summed E-state index contributed by atoms with van der Waals surface area (Å²) in [4.78, 5) is 36.7. The highest BCUT2D eigenvalue weighted by molar-refractivity contribution is 6.30. The number of hydrogen-bond donors (Lipinski definition) is 1. The molecule has 0 atom stereocenters. The number of halogens is 1. The van der Waals surface area contributed by atoms with E-state index >= 15 is 0 Å². The van der Waals surface area contributed by atoms with Gasteiger partial charge >= 0.3 is 0 Å². The van der Waals surface area contributed by atoms with Crippen LogP contribution in [-0.2, 0) is 16.1 Å². The minimum absolute atomic E-state index is 0.149. The number of carbonyl (C=O) groups excluding carboxylic acids is 3. The molecule has 1 saturated heterocycles. The number of nitrogens with zero attached hydrogens (tertiary/aromatic N) is 1. The summed E-state index contributed by atoms with van der Waals surface area (Å²) in [5, 5.41) is 3.38. The van der Waals surface area contributed by atoms with Crippen LogP contribution in [0.1, 0.15) is 28.8 Å². The summed E-state index contributed by atoms with van der Waals surface area (Å²) < 4.78 is 0. The Balaban J connectivity index is 1.65. The van der Waals surface area contributed by atoms with Gasteiger partial charge in [0.25, 0.3) is 5.91 Å². The molecule has 24 heavy (non-hydrogen) atoms. The maximum Gasteiger partial charge on any atom is 0.255 e. The molecule has 1 aliphatic rings. The van der Waals surface area contributed by atoms with Crippen LogP contribution in [0.5, 0.6) is 0 Å². The largest absolute Gasteiger partial charge is 0.322 e. The first-order valence-corrected chi connectivity index (χ1v) is 7.90. The summed E-state index contributed by atoms with van der Waals surface area (Å²) in [5.41, 5.74) is 1.95. The first kappa shape index (κ1) is 16.2. The number of anilines is 1. The molecule has 0 radical (unpaired) electrons. The van der Waals surface area contributed by atoms with Crippen LogP contribution in [0, 0.1) is 0 Å². The Morgan fingerprint density at radius 2 is 1.54 bits per heavy atom. The molecule has 2 aromatic rings. The molecule has 122 valence electrons. The average Bonchev–Trinajstić information content (AvgIpc) is 2.89. The number of nitrogens with one attached hydrogen (secondary N) is 1. The third kappa shape index (κ3) is 3.63. The van der Waals surface area contributed by atoms with E-state index in [2.05, 4.69) is 5.32 Å². The van der Waals surface area contributed by atoms with E-state index < -0.39 is 0 Å². The fraction of sp³-hybridized carbons (Fsp3) is 0.167. The van der Waals surface area contributed by atoms with E-state index in [1.807, 2.05) is 0 Å². The molecule has 2 aromatic carbocycles. The van der Waals surface area contributed by atoms with Crippen LogP contribution in [-0.4, -0.2) is 22.6 Å². The number of hydrogen-bond acceptors (Lipinski definition) is 3. The maximum atomic E-state index is 12.2. The van der Waals surface area contributed by atoms with Crippen LogP contribution >= 0.6 is 11.6 Å². The molecule has 1 N–H and O–H groups in total. The Bertz CT molecular complexity index is 769. The monoisotopic (exact) mass is 342 g/mol. The molecular formula is C18H15ClN2O3. The standard InChI is InChI=1S/C18H15ClN2O3/c19-14-5-7-15(8-6-14)20-18(24)13-3-1-12(2-4-13)11-21-16(22)9-10-17(21)23/h1-8H,9-11H2,(H,20,24). The highest BCUT2D eigenvalue weighted by Crippen LogP contribution is 2.17. The second-order valence-electron chi connectivity index (χ2n) is 5.53. The van der Waals surface area contributed by atoms with E-state index in [0.29, 0.717) is 16.3 Å². The lowest BCUT2D eigenvalue weighted by atomic mass is 10.1. The average molecular weight is 343 g/mol. The smallest absolute Gasteiger partial charge is 0.255 e. The fourth-order valence-electron chi connectivity index (χ4n) is 2.48. The topological polar surface area (TPSA) is 66.5 Å². The van der Waals surface area contributed by atoms with Crippen molar-refractivity contribution in [3.8, 4) is 0 Å². The van der Waals surface area contributed by atoms with Gasteiger partial charge in [-0.2, -0.15) is 0 Å². The summed E-state index contributed by atoms with van der Waals surface area (Å²) in [5.74, 6) is -0.536. The molecular weight excluding hydrogens is 328 g/mol. The number of carbonyl (C=O) groups is 3. The van der Waals surface area contributed by atoms with Gasteiger partial charge in [0.05, 0.1) is 6.54 Å². The van der Waals surface area contributed by atoms with Gasteiger partial charge in [0, 0.05) is 29.1 Å². The van der Waals surface area contributed by atoms with E-state index in [-0.39, 0.29) is 37.1 Å². The first-order chi connectivity index (χ1) is 11.5. The van der Waals surface area contributed by atoms with Crippen LogP contribution in [0.25, 0.3) is 0 Å². The molecule has 1 fully saturated rings. The van der Waals surface area contributed by atoms with E-state index in [1.54, 1.807) is 48.5 Å². The lowest BCUT2D eigenvalue weighted by molar-refractivity contribution is -0.139. The Hall–Kier alpha value is -2.66. The zero-order chi connectivity index (χ0) is 17.1. The van der Waals surface area contributed by atoms with Crippen molar-refractivity contribution in [1.29, 1.82) is 0 Å². The van der Waals surface area contributed by atoms with Gasteiger partial charge in [-0.15, -0.1) is 0 Å². The quantitative estimate of drug-likeness (QED) is 0.867. The second kappa shape index (κ2) is 6.84. The highest BCUT2D eigenvalue weighted by Gasteiger charge is 2.28. The van der Waals surface area contributed by atoms with Crippen LogP contribution in [0.15, 0.2) is 48.5 Å². The van der Waals surface area contributed by atoms with Crippen molar-refractivity contribution in [3.63, 3.8) is 0 Å². The SMILES string of the molecule is O=C(Nc1ccc(Cl)cc1)c1ccc(CN2C(=O)CCC2=O)cc1. The molecule has 1 heterocycles. The van der Waals surface area contributed by atoms with Crippen molar-refractivity contribution >= 4 is 35.0 Å². The third-order valence-electron chi connectivity index (χ3n) is 3.81. The summed E-state index contributed by atoms with van der Waals surface area (Å²) in [6.07, 6.45) is 0.556. The van der Waals surface area contributed by atoms with Crippen LogP contribution in [0.2, 0.25) is 5.02 Å². The zero-order valence-electron chi connectivity index (χ0n) is 12.8. The van der Waals surface area contributed by atoms with Crippen molar-refractivity contribution in [2.45, 2.75) is 19.4 Å². The van der Waals surface area contributed by atoms with Crippen LogP contribution < -0.4 is 5.32 Å². The van der Waals surface area contributed by atoms with Crippen molar-refractivity contribution in [2.75, 3.05) is 5.32 Å². The Kier molecular flexibility index (Phi) is 4.62. The van der Waals surface area contributed by atoms with E-state index in [1.165, 1.54) is 4.90 Å². The molecule has 0 aromatic heterocycles. The molecule has 3 rings (SSSR count). The van der Waals surface area contributed by atoms with Crippen molar-refractivity contribution in [3.05, 3.63) is 64.7 Å². The normalized spacial score (nSPS) is 14.1. The highest BCUT2D eigenvalue weighted by atomic mass is 35.5. The van der Waals surface area contributed by atoms with Crippen LogP contribution in [0.4, 0.5) is 5.69 Å². The zero-order valence-corrected chi connectivity index (χ0v) is 13.5.